The largest absolute Gasteiger partial charge is 0.489 e. The Morgan fingerprint density at radius 1 is 1.05 bits per heavy atom. The Hall–Kier alpha value is -3.51. The Bertz CT molecular complexity index is 1570. The van der Waals surface area contributed by atoms with Crippen molar-refractivity contribution in [2.75, 3.05) is 5.75 Å². The van der Waals surface area contributed by atoms with Crippen molar-refractivity contribution in [3.63, 3.8) is 0 Å². The average molecular weight is 547 g/mol. The van der Waals surface area contributed by atoms with Crippen molar-refractivity contribution in [1.82, 2.24) is 19.5 Å². The van der Waals surface area contributed by atoms with E-state index >= 15 is 0 Å². The van der Waals surface area contributed by atoms with E-state index in [4.69, 9.17) is 9.47 Å². The average Bonchev–Trinajstić information content (AvgIpc) is 3.21. The predicted octanol–water partition coefficient (Wildman–Crippen LogP) is 4.97. The van der Waals surface area contributed by atoms with Crippen molar-refractivity contribution < 1.29 is 31.1 Å². The number of halogens is 3. The minimum absolute atomic E-state index is 0.0304. The summed E-state index contributed by atoms with van der Waals surface area (Å²) in [7, 11) is -2.21. The number of alkyl halides is 3. The van der Waals surface area contributed by atoms with Gasteiger partial charge in [-0.25, -0.2) is 23.4 Å². The number of nitrogens with zero attached hydrogens (tertiary/aromatic N) is 4. The first kappa shape index (κ1) is 26.1. The van der Waals surface area contributed by atoms with Gasteiger partial charge in [-0.1, -0.05) is 37.3 Å². The molecule has 200 valence electrons. The van der Waals surface area contributed by atoms with Crippen molar-refractivity contribution in [2.24, 2.45) is 7.05 Å². The summed E-state index contributed by atoms with van der Waals surface area (Å²) in [5.74, 6) is 0.193. The standard InChI is InChI=1S/C26H25F3N4O4S/c1-3-38(34,35)22-11-19(37-18-9-17(10-18)36-15-16-7-5-4-6-8-16)13-31-24(22)25-32-20-12-23(26(27,28)29)30-14-21(20)33(25)2/h4-8,11-14,17-18H,3,9-10,15H2,1-2H3. The minimum atomic E-state index is -4.63. The molecule has 0 radical (unpaired) electrons. The molecule has 1 aliphatic carbocycles. The molecule has 0 saturated heterocycles. The first-order valence-electron chi connectivity index (χ1n) is 12.0. The van der Waals surface area contributed by atoms with E-state index in [0.717, 1.165) is 17.8 Å². The maximum atomic E-state index is 13.1. The summed E-state index contributed by atoms with van der Waals surface area (Å²) in [6.07, 6.45) is -0.960. The molecule has 8 nitrogen and oxygen atoms in total. The van der Waals surface area contributed by atoms with Crippen LogP contribution in [0.15, 0.2) is 59.8 Å². The summed E-state index contributed by atoms with van der Waals surface area (Å²) in [5, 5.41) is 0. The molecule has 4 aromatic rings. The summed E-state index contributed by atoms with van der Waals surface area (Å²) in [4.78, 5) is 12.0. The van der Waals surface area contributed by atoms with Crippen LogP contribution in [0.4, 0.5) is 13.2 Å². The lowest BCUT2D eigenvalue weighted by Crippen LogP contribution is -2.39. The Labute approximate surface area is 217 Å². The highest BCUT2D eigenvalue weighted by Gasteiger charge is 2.34. The molecule has 3 heterocycles. The van der Waals surface area contributed by atoms with E-state index in [2.05, 4.69) is 15.0 Å². The fourth-order valence-electron chi connectivity index (χ4n) is 4.24. The van der Waals surface area contributed by atoms with E-state index in [1.165, 1.54) is 23.8 Å². The quantitative estimate of drug-likeness (QED) is 0.308. The van der Waals surface area contributed by atoms with Gasteiger partial charge in [0.15, 0.2) is 15.7 Å². The second-order valence-corrected chi connectivity index (χ2v) is 11.3. The van der Waals surface area contributed by atoms with Crippen molar-refractivity contribution in [3.8, 4) is 17.3 Å². The molecule has 1 aromatic carbocycles. The smallest absolute Gasteiger partial charge is 0.433 e. The zero-order valence-corrected chi connectivity index (χ0v) is 21.5. The zero-order chi connectivity index (χ0) is 27.1. The van der Waals surface area contributed by atoms with Gasteiger partial charge in [-0.15, -0.1) is 0 Å². The SMILES string of the molecule is CCS(=O)(=O)c1cc(OC2CC(OCc3ccccc3)C2)cnc1-c1nc2cc(C(F)(F)F)ncc2n1C. The number of fused-ring (bicyclic) bond motifs is 1. The summed E-state index contributed by atoms with van der Waals surface area (Å²) in [6, 6.07) is 12.1. The molecule has 0 amide bonds. The third-order valence-corrected chi connectivity index (χ3v) is 8.24. The summed E-state index contributed by atoms with van der Waals surface area (Å²) in [6.45, 7) is 2.01. The summed E-state index contributed by atoms with van der Waals surface area (Å²) in [5.41, 5.74) is 0.371. The van der Waals surface area contributed by atoms with Gasteiger partial charge in [0.2, 0.25) is 0 Å². The predicted molar refractivity (Wildman–Crippen MR) is 133 cm³/mol. The van der Waals surface area contributed by atoms with Gasteiger partial charge < -0.3 is 14.0 Å². The maximum absolute atomic E-state index is 13.1. The number of sulfone groups is 1. The molecular weight excluding hydrogens is 521 g/mol. The van der Waals surface area contributed by atoms with Gasteiger partial charge in [0.05, 0.1) is 41.9 Å². The van der Waals surface area contributed by atoms with Gasteiger partial charge in [0.1, 0.15) is 28.1 Å². The highest BCUT2D eigenvalue weighted by atomic mass is 32.2. The number of ether oxygens (including phenoxy) is 2. The molecule has 3 aromatic heterocycles. The minimum Gasteiger partial charge on any atom is -0.489 e. The Kier molecular flexibility index (Phi) is 6.86. The first-order valence-corrected chi connectivity index (χ1v) is 13.7. The normalized spacial score (nSPS) is 17.9. The number of hydrogen-bond donors (Lipinski definition) is 0. The van der Waals surface area contributed by atoms with Crippen LogP contribution in [-0.4, -0.2) is 45.9 Å². The van der Waals surface area contributed by atoms with Crippen LogP contribution in [0, 0.1) is 0 Å². The molecule has 0 unspecified atom stereocenters. The lowest BCUT2D eigenvalue weighted by molar-refractivity contribution is -0.141. The summed E-state index contributed by atoms with van der Waals surface area (Å²) < 4.78 is 78.7. The van der Waals surface area contributed by atoms with Gasteiger partial charge in [0.25, 0.3) is 0 Å². The van der Waals surface area contributed by atoms with E-state index in [1.807, 2.05) is 30.3 Å². The monoisotopic (exact) mass is 546 g/mol. The van der Waals surface area contributed by atoms with Crippen molar-refractivity contribution in [1.29, 1.82) is 0 Å². The van der Waals surface area contributed by atoms with Crippen LogP contribution in [0.1, 0.15) is 31.0 Å². The fourth-order valence-corrected chi connectivity index (χ4v) is 5.28. The number of rotatable bonds is 8. The number of aromatic nitrogens is 4. The first-order chi connectivity index (χ1) is 18.0. The van der Waals surface area contributed by atoms with Gasteiger partial charge in [-0.3, -0.25) is 0 Å². The highest BCUT2D eigenvalue weighted by molar-refractivity contribution is 7.91. The van der Waals surface area contributed by atoms with Gasteiger partial charge in [0, 0.05) is 26.0 Å². The van der Waals surface area contributed by atoms with E-state index in [0.29, 0.717) is 25.0 Å². The summed E-state index contributed by atoms with van der Waals surface area (Å²) >= 11 is 0. The molecule has 1 saturated carbocycles. The van der Waals surface area contributed by atoms with Gasteiger partial charge in [-0.2, -0.15) is 13.2 Å². The Balaban J connectivity index is 1.37. The van der Waals surface area contributed by atoms with Crippen molar-refractivity contribution in [3.05, 3.63) is 66.1 Å². The van der Waals surface area contributed by atoms with Gasteiger partial charge >= 0.3 is 6.18 Å². The van der Waals surface area contributed by atoms with Crippen molar-refractivity contribution >= 4 is 20.9 Å². The number of benzene rings is 1. The van der Waals surface area contributed by atoms with E-state index in [9.17, 15) is 21.6 Å². The molecule has 5 rings (SSSR count). The van der Waals surface area contributed by atoms with Crippen LogP contribution in [0.2, 0.25) is 0 Å². The second-order valence-electron chi connectivity index (χ2n) is 9.10. The van der Waals surface area contributed by atoms with E-state index in [1.54, 1.807) is 7.05 Å². The van der Waals surface area contributed by atoms with Crippen LogP contribution in [0.5, 0.6) is 5.75 Å². The second kappa shape index (κ2) is 9.99. The Morgan fingerprint density at radius 2 is 1.79 bits per heavy atom. The van der Waals surface area contributed by atoms with Crippen LogP contribution in [0.25, 0.3) is 22.6 Å². The van der Waals surface area contributed by atoms with Crippen LogP contribution < -0.4 is 4.74 Å². The van der Waals surface area contributed by atoms with Crippen LogP contribution >= 0.6 is 0 Å². The molecule has 38 heavy (non-hydrogen) atoms. The third kappa shape index (κ3) is 5.23. The molecular formula is C26H25F3N4O4S. The van der Waals surface area contributed by atoms with Crippen LogP contribution in [-0.2, 0) is 34.4 Å². The van der Waals surface area contributed by atoms with E-state index in [-0.39, 0.29) is 45.6 Å². The van der Waals surface area contributed by atoms with Crippen LogP contribution in [0.3, 0.4) is 0 Å². The number of pyridine rings is 2. The van der Waals surface area contributed by atoms with Gasteiger partial charge in [-0.05, 0) is 11.6 Å². The fraction of sp³-hybridized carbons (Fsp3) is 0.346. The molecule has 0 N–H and O–H groups in total. The zero-order valence-electron chi connectivity index (χ0n) is 20.6. The lowest BCUT2D eigenvalue weighted by Gasteiger charge is -2.35. The third-order valence-electron chi connectivity index (χ3n) is 6.50. The van der Waals surface area contributed by atoms with Crippen molar-refractivity contribution in [2.45, 2.75) is 49.7 Å². The van der Waals surface area contributed by atoms with E-state index < -0.39 is 21.7 Å². The molecule has 0 atom stereocenters. The number of imidazole rings is 1. The molecule has 0 spiro atoms. The molecule has 1 aliphatic rings. The lowest BCUT2D eigenvalue weighted by atomic mass is 9.92. The number of hydrogen-bond acceptors (Lipinski definition) is 7. The Morgan fingerprint density at radius 3 is 2.47 bits per heavy atom. The topological polar surface area (TPSA) is 96.2 Å². The molecule has 0 aliphatic heterocycles. The molecule has 1 fully saturated rings. The molecule has 12 heteroatoms. The maximum Gasteiger partial charge on any atom is 0.433 e. The molecule has 0 bridgehead atoms. The number of aryl methyl sites for hydroxylation is 1. The highest BCUT2D eigenvalue weighted by Crippen LogP contribution is 2.35.